The van der Waals surface area contributed by atoms with Gasteiger partial charge in [-0.3, -0.25) is 14.4 Å². The van der Waals surface area contributed by atoms with Crippen molar-refractivity contribution in [2.45, 2.75) is 13.8 Å². The Kier molecular flexibility index (Phi) is 6.05. The van der Waals surface area contributed by atoms with E-state index in [9.17, 15) is 19.2 Å². The van der Waals surface area contributed by atoms with Crippen LogP contribution in [0.25, 0.3) is 0 Å². The van der Waals surface area contributed by atoms with Crippen LogP contribution in [0.4, 0.5) is 0 Å². The minimum Gasteiger partial charge on any atom is -0.423 e. The topological polar surface area (TPSA) is 108 Å². The zero-order valence-electron chi connectivity index (χ0n) is 14.0. The lowest BCUT2D eigenvalue weighted by Gasteiger charge is -2.13. The van der Waals surface area contributed by atoms with Gasteiger partial charge in [0.05, 0.1) is 11.1 Å². The largest absolute Gasteiger partial charge is 0.423 e. The number of hydrogen-bond donors (Lipinski definition) is 1. The fraction of sp³-hybridized carbons (Fsp3) is 0.111. The number of benzene rings is 2. The average Bonchev–Trinajstić information content (AvgIpc) is 2.60. The second-order valence-electron chi connectivity index (χ2n) is 5.01. The maximum Gasteiger partial charge on any atom is 0.362 e. The Morgan fingerprint density at radius 3 is 2.08 bits per heavy atom. The maximum atomic E-state index is 12.3. The standard InChI is InChI=1S/C18H15NO7/c1-11(20)24-15-10-6-9-14(16(15)25-12(2)21)17(22)19-26-18(23)13-7-4-3-5-8-13/h3-10H,1-2H3,(H,19,22). The lowest BCUT2D eigenvalue weighted by Crippen LogP contribution is -2.28. The van der Waals surface area contributed by atoms with Gasteiger partial charge in [-0.05, 0) is 24.3 Å². The van der Waals surface area contributed by atoms with E-state index in [0.717, 1.165) is 13.8 Å². The quantitative estimate of drug-likeness (QED) is 0.507. The first-order valence-corrected chi connectivity index (χ1v) is 7.45. The molecule has 0 aromatic heterocycles. The second kappa shape index (κ2) is 8.43. The van der Waals surface area contributed by atoms with E-state index in [4.69, 9.17) is 14.3 Å². The van der Waals surface area contributed by atoms with Gasteiger partial charge in [-0.15, -0.1) is 0 Å². The normalized spacial score (nSPS) is 9.77. The molecule has 1 N–H and O–H groups in total. The van der Waals surface area contributed by atoms with E-state index in [1.54, 1.807) is 18.2 Å². The van der Waals surface area contributed by atoms with Crippen molar-refractivity contribution in [2.75, 3.05) is 0 Å². The summed E-state index contributed by atoms with van der Waals surface area (Å²) in [6.45, 7) is 2.29. The van der Waals surface area contributed by atoms with Crippen molar-refractivity contribution in [2.24, 2.45) is 0 Å². The predicted octanol–water partition coefficient (Wildman–Crippen LogP) is 2.04. The summed E-state index contributed by atoms with van der Waals surface area (Å²) in [6, 6.07) is 12.1. The molecule has 0 aliphatic heterocycles. The summed E-state index contributed by atoms with van der Waals surface area (Å²) in [5, 5.41) is 0. The monoisotopic (exact) mass is 357 g/mol. The van der Waals surface area contributed by atoms with Crippen molar-refractivity contribution in [3.8, 4) is 11.5 Å². The number of amides is 1. The molecule has 0 unspecified atom stereocenters. The third kappa shape index (κ3) is 4.91. The number of nitrogens with one attached hydrogen (secondary N) is 1. The van der Waals surface area contributed by atoms with Gasteiger partial charge in [0.2, 0.25) is 0 Å². The Morgan fingerprint density at radius 2 is 1.46 bits per heavy atom. The van der Waals surface area contributed by atoms with Gasteiger partial charge < -0.3 is 14.3 Å². The minimum absolute atomic E-state index is 0.116. The predicted molar refractivity (Wildman–Crippen MR) is 88.4 cm³/mol. The van der Waals surface area contributed by atoms with E-state index in [1.807, 2.05) is 5.48 Å². The fourth-order valence-corrected chi connectivity index (χ4v) is 1.96. The molecule has 8 nitrogen and oxygen atoms in total. The number of ether oxygens (including phenoxy) is 2. The van der Waals surface area contributed by atoms with Gasteiger partial charge in [0, 0.05) is 13.8 Å². The molecule has 2 aromatic rings. The zero-order chi connectivity index (χ0) is 19.1. The number of esters is 2. The highest BCUT2D eigenvalue weighted by atomic mass is 16.7. The maximum absolute atomic E-state index is 12.3. The van der Waals surface area contributed by atoms with Gasteiger partial charge in [0.1, 0.15) is 0 Å². The molecular weight excluding hydrogens is 342 g/mol. The van der Waals surface area contributed by atoms with Gasteiger partial charge in [-0.1, -0.05) is 24.3 Å². The van der Waals surface area contributed by atoms with Crippen LogP contribution in [0.1, 0.15) is 34.6 Å². The SMILES string of the molecule is CC(=O)Oc1cccc(C(=O)NOC(=O)c2ccccc2)c1OC(C)=O. The molecule has 8 heteroatoms. The van der Waals surface area contributed by atoms with E-state index < -0.39 is 23.8 Å². The smallest absolute Gasteiger partial charge is 0.362 e. The van der Waals surface area contributed by atoms with Crippen molar-refractivity contribution < 1.29 is 33.5 Å². The van der Waals surface area contributed by atoms with E-state index in [1.165, 1.54) is 30.3 Å². The lowest BCUT2D eigenvalue weighted by atomic mass is 10.1. The minimum atomic E-state index is -0.862. The summed E-state index contributed by atoms with van der Waals surface area (Å²) in [4.78, 5) is 51.4. The van der Waals surface area contributed by atoms with Gasteiger partial charge in [0.15, 0.2) is 11.5 Å². The number of carbonyl (C=O) groups is 4. The lowest BCUT2D eigenvalue weighted by molar-refractivity contribution is -0.134. The molecule has 134 valence electrons. The average molecular weight is 357 g/mol. The van der Waals surface area contributed by atoms with Gasteiger partial charge in [-0.2, -0.15) is 5.48 Å². The molecule has 26 heavy (non-hydrogen) atoms. The Labute approximate surface area is 148 Å². The Hall–Kier alpha value is -3.68. The van der Waals surface area contributed by atoms with Crippen LogP contribution >= 0.6 is 0 Å². The van der Waals surface area contributed by atoms with Crippen LogP contribution in [0.3, 0.4) is 0 Å². The number of para-hydroxylation sites is 1. The molecule has 0 radical (unpaired) electrons. The van der Waals surface area contributed by atoms with E-state index in [-0.39, 0.29) is 22.6 Å². The van der Waals surface area contributed by atoms with E-state index in [2.05, 4.69) is 0 Å². The van der Waals surface area contributed by atoms with Crippen molar-refractivity contribution >= 4 is 23.8 Å². The van der Waals surface area contributed by atoms with Crippen LogP contribution in [0.5, 0.6) is 11.5 Å². The van der Waals surface area contributed by atoms with E-state index >= 15 is 0 Å². The van der Waals surface area contributed by atoms with Crippen LogP contribution in [0, 0.1) is 0 Å². The highest BCUT2D eigenvalue weighted by Gasteiger charge is 2.21. The molecule has 1 amide bonds. The number of hydroxylamine groups is 1. The molecule has 0 fully saturated rings. The summed E-state index contributed by atoms with van der Waals surface area (Å²) < 4.78 is 9.90. The van der Waals surface area contributed by atoms with Crippen molar-refractivity contribution in [3.63, 3.8) is 0 Å². The van der Waals surface area contributed by atoms with Crippen LogP contribution < -0.4 is 15.0 Å². The number of carbonyl (C=O) groups excluding carboxylic acids is 4. The summed E-state index contributed by atoms with van der Waals surface area (Å²) >= 11 is 0. The third-order valence-corrected chi connectivity index (χ3v) is 2.97. The first kappa shape index (κ1) is 18.7. The molecule has 0 bridgehead atoms. The Morgan fingerprint density at radius 1 is 0.808 bits per heavy atom. The molecule has 0 saturated heterocycles. The van der Waals surface area contributed by atoms with Crippen molar-refractivity contribution in [1.82, 2.24) is 5.48 Å². The zero-order valence-corrected chi connectivity index (χ0v) is 14.0. The first-order valence-electron chi connectivity index (χ1n) is 7.45. The Bertz CT molecular complexity index is 846. The summed E-state index contributed by atoms with van der Waals surface area (Å²) in [5.41, 5.74) is 2.06. The van der Waals surface area contributed by atoms with Gasteiger partial charge in [0.25, 0.3) is 5.91 Å². The molecule has 0 atom stereocenters. The summed E-state index contributed by atoms with van der Waals surface area (Å²) in [7, 11) is 0. The molecule has 0 spiro atoms. The van der Waals surface area contributed by atoms with Crippen LogP contribution in [0.15, 0.2) is 48.5 Å². The third-order valence-electron chi connectivity index (χ3n) is 2.97. The van der Waals surface area contributed by atoms with Crippen molar-refractivity contribution in [1.29, 1.82) is 0 Å². The first-order chi connectivity index (χ1) is 12.4. The summed E-state index contributed by atoms with van der Waals surface area (Å²) in [5.74, 6) is -3.40. The van der Waals surface area contributed by atoms with Gasteiger partial charge in [-0.25, -0.2) is 4.79 Å². The number of hydrogen-bond acceptors (Lipinski definition) is 7. The fourth-order valence-electron chi connectivity index (χ4n) is 1.96. The van der Waals surface area contributed by atoms with Crippen molar-refractivity contribution in [3.05, 3.63) is 59.7 Å². The molecule has 0 aliphatic rings. The highest BCUT2D eigenvalue weighted by Crippen LogP contribution is 2.31. The molecule has 0 saturated carbocycles. The van der Waals surface area contributed by atoms with Crippen LogP contribution in [0.2, 0.25) is 0 Å². The highest BCUT2D eigenvalue weighted by molar-refractivity contribution is 5.99. The molecular formula is C18H15NO7. The summed E-state index contributed by atoms with van der Waals surface area (Å²) in [6.07, 6.45) is 0. The number of rotatable bonds is 4. The molecule has 0 heterocycles. The molecule has 2 rings (SSSR count). The van der Waals surface area contributed by atoms with Crippen LogP contribution in [-0.2, 0) is 14.4 Å². The van der Waals surface area contributed by atoms with E-state index in [0.29, 0.717) is 0 Å². The molecule has 0 aliphatic carbocycles. The molecule has 2 aromatic carbocycles. The van der Waals surface area contributed by atoms with Crippen LogP contribution in [-0.4, -0.2) is 23.8 Å². The van der Waals surface area contributed by atoms with Gasteiger partial charge >= 0.3 is 17.9 Å². The second-order valence-corrected chi connectivity index (χ2v) is 5.01. The Balaban J connectivity index is 2.20.